The SMILES string of the molecule is CC(C)OCCCNC(=O)c1cnn(-c2ccccc2)c1-n1cccc1. The van der Waals surface area contributed by atoms with Gasteiger partial charge in [0, 0.05) is 25.5 Å². The molecule has 1 aromatic carbocycles. The number of rotatable bonds is 8. The maximum atomic E-state index is 12.7. The monoisotopic (exact) mass is 352 g/mol. The number of aromatic nitrogens is 3. The highest BCUT2D eigenvalue weighted by Crippen LogP contribution is 2.19. The molecule has 2 heterocycles. The zero-order valence-electron chi connectivity index (χ0n) is 15.1. The summed E-state index contributed by atoms with van der Waals surface area (Å²) in [6.07, 6.45) is 6.40. The van der Waals surface area contributed by atoms with E-state index in [4.69, 9.17) is 4.74 Å². The Morgan fingerprint density at radius 3 is 2.58 bits per heavy atom. The fraction of sp³-hybridized carbons (Fsp3) is 0.300. The highest BCUT2D eigenvalue weighted by atomic mass is 16.5. The van der Waals surface area contributed by atoms with Crippen molar-refractivity contribution < 1.29 is 9.53 Å². The summed E-state index contributed by atoms with van der Waals surface area (Å²) in [5.41, 5.74) is 1.44. The Balaban J connectivity index is 1.79. The second-order valence-electron chi connectivity index (χ2n) is 6.25. The first-order valence-electron chi connectivity index (χ1n) is 8.83. The van der Waals surface area contributed by atoms with Crippen LogP contribution in [0.5, 0.6) is 0 Å². The van der Waals surface area contributed by atoms with Crippen molar-refractivity contribution in [1.82, 2.24) is 19.7 Å². The number of nitrogens with zero attached hydrogens (tertiary/aromatic N) is 3. The third-order valence-corrected chi connectivity index (χ3v) is 3.90. The first-order valence-corrected chi connectivity index (χ1v) is 8.83. The van der Waals surface area contributed by atoms with Gasteiger partial charge < -0.3 is 14.6 Å². The molecular formula is C20H24N4O2. The maximum absolute atomic E-state index is 12.7. The van der Waals surface area contributed by atoms with Crippen molar-refractivity contribution >= 4 is 5.91 Å². The van der Waals surface area contributed by atoms with Gasteiger partial charge in [-0.2, -0.15) is 5.10 Å². The third-order valence-electron chi connectivity index (χ3n) is 3.90. The molecule has 1 N–H and O–H groups in total. The van der Waals surface area contributed by atoms with E-state index >= 15 is 0 Å². The van der Waals surface area contributed by atoms with Gasteiger partial charge >= 0.3 is 0 Å². The van der Waals surface area contributed by atoms with Gasteiger partial charge in [-0.15, -0.1) is 0 Å². The molecule has 0 aliphatic rings. The van der Waals surface area contributed by atoms with Crippen LogP contribution in [0.15, 0.2) is 61.1 Å². The van der Waals surface area contributed by atoms with Gasteiger partial charge in [0.1, 0.15) is 5.56 Å². The summed E-state index contributed by atoms with van der Waals surface area (Å²) in [5.74, 6) is 0.581. The molecule has 26 heavy (non-hydrogen) atoms. The Kier molecular flexibility index (Phi) is 5.86. The lowest BCUT2D eigenvalue weighted by Crippen LogP contribution is -2.26. The Bertz CT molecular complexity index is 823. The largest absolute Gasteiger partial charge is 0.379 e. The molecule has 6 heteroatoms. The van der Waals surface area contributed by atoms with Crippen molar-refractivity contribution in [3.8, 4) is 11.5 Å². The van der Waals surface area contributed by atoms with E-state index < -0.39 is 0 Å². The minimum atomic E-state index is -0.138. The highest BCUT2D eigenvalue weighted by molar-refractivity contribution is 5.97. The summed E-state index contributed by atoms with van der Waals surface area (Å²) >= 11 is 0. The van der Waals surface area contributed by atoms with E-state index in [-0.39, 0.29) is 12.0 Å². The van der Waals surface area contributed by atoms with E-state index in [1.54, 1.807) is 10.9 Å². The second kappa shape index (κ2) is 8.49. The Hall–Kier alpha value is -2.86. The Morgan fingerprint density at radius 1 is 1.15 bits per heavy atom. The molecule has 0 aliphatic carbocycles. The van der Waals surface area contributed by atoms with Crippen molar-refractivity contribution in [1.29, 1.82) is 0 Å². The molecule has 0 saturated carbocycles. The summed E-state index contributed by atoms with van der Waals surface area (Å²) in [6, 6.07) is 13.6. The number of hydrogen-bond donors (Lipinski definition) is 1. The first kappa shape index (κ1) is 17.9. The van der Waals surface area contributed by atoms with Crippen LogP contribution in [0.2, 0.25) is 0 Å². The standard InChI is InChI=1S/C20H24N4O2/c1-16(2)26-14-8-11-21-19(25)18-15-22-24(17-9-4-3-5-10-17)20(18)23-12-6-7-13-23/h3-7,9-10,12-13,15-16H,8,11,14H2,1-2H3,(H,21,25). The molecule has 3 rings (SSSR count). The number of carbonyl (C=O) groups is 1. The van der Waals surface area contributed by atoms with Crippen LogP contribution in [0.25, 0.3) is 11.5 Å². The van der Waals surface area contributed by atoms with E-state index in [9.17, 15) is 4.79 Å². The third kappa shape index (κ3) is 4.21. The fourth-order valence-corrected chi connectivity index (χ4v) is 2.67. The zero-order chi connectivity index (χ0) is 18.4. The van der Waals surface area contributed by atoms with Gasteiger partial charge in [0.15, 0.2) is 5.82 Å². The molecule has 136 valence electrons. The molecule has 2 aromatic heterocycles. The van der Waals surface area contributed by atoms with Crippen LogP contribution in [0.1, 0.15) is 30.6 Å². The molecule has 0 bridgehead atoms. The van der Waals surface area contributed by atoms with Crippen molar-refractivity contribution in [3.05, 3.63) is 66.6 Å². The lowest BCUT2D eigenvalue weighted by Gasteiger charge is -2.11. The molecule has 0 spiro atoms. The first-order chi connectivity index (χ1) is 12.7. The number of nitrogens with one attached hydrogen (secondary N) is 1. The van der Waals surface area contributed by atoms with Gasteiger partial charge in [0.2, 0.25) is 0 Å². The van der Waals surface area contributed by atoms with E-state index in [1.807, 2.05) is 73.3 Å². The van der Waals surface area contributed by atoms with Gasteiger partial charge in [0.25, 0.3) is 5.91 Å². The van der Waals surface area contributed by atoms with Crippen molar-refractivity contribution in [2.45, 2.75) is 26.4 Å². The van der Waals surface area contributed by atoms with Crippen LogP contribution < -0.4 is 5.32 Å². The summed E-state index contributed by atoms with van der Waals surface area (Å²) < 4.78 is 9.18. The number of ether oxygens (including phenoxy) is 1. The van der Waals surface area contributed by atoms with Crippen LogP contribution in [-0.2, 0) is 4.74 Å². The van der Waals surface area contributed by atoms with E-state index in [2.05, 4.69) is 10.4 Å². The minimum absolute atomic E-state index is 0.138. The van der Waals surface area contributed by atoms with Gasteiger partial charge in [-0.3, -0.25) is 4.79 Å². The fourth-order valence-electron chi connectivity index (χ4n) is 2.67. The van der Waals surface area contributed by atoms with Crippen LogP contribution in [0.3, 0.4) is 0 Å². The molecule has 0 atom stereocenters. The molecule has 6 nitrogen and oxygen atoms in total. The van der Waals surface area contributed by atoms with Crippen molar-refractivity contribution in [2.24, 2.45) is 0 Å². The van der Waals surface area contributed by atoms with Crippen molar-refractivity contribution in [2.75, 3.05) is 13.2 Å². The summed E-state index contributed by atoms with van der Waals surface area (Å²) in [7, 11) is 0. The lowest BCUT2D eigenvalue weighted by molar-refractivity contribution is 0.0757. The van der Waals surface area contributed by atoms with Crippen LogP contribution >= 0.6 is 0 Å². The Labute approximate surface area is 153 Å². The van der Waals surface area contributed by atoms with Crippen LogP contribution in [0.4, 0.5) is 0 Å². The number of amides is 1. The lowest BCUT2D eigenvalue weighted by atomic mass is 10.2. The number of hydrogen-bond acceptors (Lipinski definition) is 3. The molecule has 1 amide bonds. The average molecular weight is 352 g/mol. The highest BCUT2D eigenvalue weighted by Gasteiger charge is 2.19. The van der Waals surface area contributed by atoms with Gasteiger partial charge in [-0.1, -0.05) is 18.2 Å². The minimum Gasteiger partial charge on any atom is -0.379 e. The predicted octanol–water partition coefficient (Wildman–Crippen LogP) is 3.21. The molecule has 0 unspecified atom stereocenters. The van der Waals surface area contributed by atoms with E-state index in [0.717, 1.165) is 17.9 Å². The quantitative estimate of drug-likeness (QED) is 0.633. The second-order valence-corrected chi connectivity index (χ2v) is 6.25. The van der Waals surface area contributed by atoms with E-state index in [1.165, 1.54) is 0 Å². The Morgan fingerprint density at radius 2 is 1.88 bits per heavy atom. The van der Waals surface area contributed by atoms with Crippen molar-refractivity contribution in [3.63, 3.8) is 0 Å². The number of para-hydroxylation sites is 1. The zero-order valence-corrected chi connectivity index (χ0v) is 15.1. The molecule has 0 radical (unpaired) electrons. The summed E-state index contributed by atoms with van der Waals surface area (Å²) in [5, 5.41) is 7.40. The normalized spacial score (nSPS) is 11.0. The molecule has 0 saturated heterocycles. The van der Waals surface area contributed by atoms with Crippen LogP contribution in [0, 0.1) is 0 Å². The molecular weight excluding hydrogens is 328 g/mol. The van der Waals surface area contributed by atoms with Gasteiger partial charge in [-0.05, 0) is 44.5 Å². The molecule has 0 aliphatic heterocycles. The number of benzene rings is 1. The van der Waals surface area contributed by atoms with Gasteiger partial charge in [-0.25, -0.2) is 4.68 Å². The molecule has 0 fully saturated rings. The smallest absolute Gasteiger partial charge is 0.256 e. The average Bonchev–Trinajstić information content (AvgIpc) is 3.31. The molecule has 3 aromatic rings. The maximum Gasteiger partial charge on any atom is 0.256 e. The van der Waals surface area contributed by atoms with E-state index in [0.29, 0.717) is 18.7 Å². The van der Waals surface area contributed by atoms with Crippen LogP contribution in [-0.4, -0.2) is 39.5 Å². The topological polar surface area (TPSA) is 61.1 Å². The summed E-state index contributed by atoms with van der Waals surface area (Å²) in [4.78, 5) is 12.7. The predicted molar refractivity (Wildman–Crippen MR) is 101 cm³/mol. The number of carbonyl (C=O) groups excluding carboxylic acids is 1. The summed E-state index contributed by atoms with van der Waals surface area (Å²) in [6.45, 7) is 5.19. The van der Waals surface area contributed by atoms with Gasteiger partial charge in [0.05, 0.1) is 18.0 Å².